The molecule has 1 aromatic carbocycles. The summed E-state index contributed by atoms with van der Waals surface area (Å²) in [6.45, 7) is 9.32. The van der Waals surface area contributed by atoms with E-state index in [2.05, 4.69) is 44.3 Å². The van der Waals surface area contributed by atoms with E-state index >= 15 is 0 Å². The summed E-state index contributed by atoms with van der Waals surface area (Å²) in [5, 5.41) is 3.62. The third-order valence-corrected chi connectivity index (χ3v) is 4.75. The lowest BCUT2D eigenvalue weighted by Crippen LogP contribution is -2.27. The normalized spacial score (nSPS) is 16.7. The van der Waals surface area contributed by atoms with E-state index in [1.54, 1.807) is 0 Å². The van der Waals surface area contributed by atoms with Gasteiger partial charge in [-0.25, -0.2) is 0 Å². The molecule has 1 aliphatic carbocycles. The van der Waals surface area contributed by atoms with Gasteiger partial charge in [-0.3, -0.25) is 0 Å². The Hall–Kier alpha value is -0.860. The molecular formula is C19H31NO. The number of benzene rings is 1. The first-order chi connectivity index (χ1) is 10.2. The molecule has 118 valence electrons. The van der Waals surface area contributed by atoms with E-state index in [0.717, 1.165) is 32.1 Å². The molecule has 1 saturated carbocycles. The fourth-order valence-corrected chi connectivity index (χ4v) is 2.81. The molecule has 0 saturated heterocycles. The van der Waals surface area contributed by atoms with E-state index < -0.39 is 0 Å². The van der Waals surface area contributed by atoms with E-state index in [1.165, 1.54) is 42.4 Å². The Morgan fingerprint density at radius 3 is 2.67 bits per heavy atom. The third-order valence-electron chi connectivity index (χ3n) is 4.75. The summed E-state index contributed by atoms with van der Waals surface area (Å²) in [7, 11) is 0. The quantitative estimate of drug-likeness (QED) is 0.673. The van der Waals surface area contributed by atoms with Crippen molar-refractivity contribution in [3.8, 4) is 0 Å². The van der Waals surface area contributed by atoms with Crippen LogP contribution in [0.15, 0.2) is 18.2 Å². The first-order valence-electron chi connectivity index (χ1n) is 8.59. The topological polar surface area (TPSA) is 21.3 Å². The molecule has 1 unspecified atom stereocenters. The molecule has 0 aromatic heterocycles. The maximum absolute atomic E-state index is 5.96. The predicted molar refractivity (Wildman–Crippen MR) is 89.7 cm³/mol. The van der Waals surface area contributed by atoms with Gasteiger partial charge in [0.1, 0.15) is 0 Å². The summed E-state index contributed by atoms with van der Waals surface area (Å²) in [5.74, 6) is 0.939. The van der Waals surface area contributed by atoms with Gasteiger partial charge in [-0.2, -0.15) is 0 Å². The molecule has 0 spiro atoms. The van der Waals surface area contributed by atoms with Crippen molar-refractivity contribution in [1.82, 2.24) is 5.32 Å². The molecule has 1 fully saturated rings. The van der Waals surface area contributed by atoms with Crippen molar-refractivity contribution >= 4 is 0 Å². The Balaban J connectivity index is 1.84. The van der Waals surface area contributed by atoms with Crippen LogP contribution < -0.4 is 5.32 Å². The average molecular weight is 289 g/mol. The van der Waals surface area contributed by atoms with Crippen LogP contribution >= 0.6 is 0 Å². The fourth-order valence-electron chi connectivity index (χ4n) is 2.81. The average Bonchev–Trinajstić information content (AvgIpc) is 2.43. The standard InChI is InChI=1S/C19H31NO/c1-4-11-20-19(14-21-12-10-17-6-5-7-17)18-9-8-15(2)16(3)13-18/h8-9,13,17,19-20H,4-7,10-12,14H2,1-3H3. The molecule has 2 rings (SSSR count). The lowest BCUT2D eigenvalue weighted by atomic mass is 9.83. The first-order valence-corrected chi connectivity index (χ1v) is 8.59. The van der Waals surface area contributed by atoms with Gasteiger partial charge in [-0.05, 0) is 55.8 Å². The third kappa shape index (κ3) is 5.12. The van der Waals surface area contributed by atoms with Crippen LogP contribution in [0.25, 0.3) is 0 Å². The van der Waals surface area contributed by atoms with Gasteiger partial charge < -0.3 is 10.1 Å². The van der Waals surface area contributed by atoms with Crippen LogP contribution in [-0.4, -0.2) is 19.8 Å². The zero-order chi connectivity index (χ0) is 15.1. The lowest BCUT2D eigenvalue weighted by molar-refractivity contribution is 0.0888. The van der Waals surface area contributed by atoms with Crippen LogP contribution in [0.3, 0.4) is 0 Å². The van der Waals surface area contributed by atoms with Crippen molar-refractivity contribution < 1.29 is 4.74 Å². The van der Waals surface area contributed by atoms with Crippen molar-refractivity contribution in [3.63, 3.8) is 0 Å². The second-order valence-corrected chi connectivity index (χ2v) is 6.51. The van der Waals surface area contributed by atoms with Crippen LogP contribution in [0.1, 0.15) is 61.8 Å². The summed E-state index contributed by atoms with van der Waals surface area (Å²) in [4.78, 5) is 0. The Bertz CT molecular complexity index is 426. The Morgan fingerprint density at radius 1 is 1.24 bits per heavy atom. The summed E-state index contributed by atoms with van der Waals surface area (Å²) < 4.78 is 5.96. The Morgan fingerprint density at radius 2 is 2.05 bits per heavy atom. The first kappa shape index (κ1) is 16.5. The molecule has 0 bridgehead atoms. The van der Waals surface area contributed by atoms with Gasteiger partial charge in [0.2, 0.25) is 0 Å². The van der Waals surface area contributed by atoms with Gasteiger partial charge in [-0.1, -0.05) is 44.4 Å². The molecule has 0 radical (unpaired) electrons. The summed E-state index contributed by atoms with van der Waals surface area (Å²) in [6, 6.07) is 7.09. The Kier molecular flexibility index (Phi) is 6.72. The van der Waals surface area contributed by atoms with Gasteiger partial charge >= 0.3 is 0 Å². The predicted octanol–water partition coefficient (Wildman–Crippen LogP) is 4.55. The monoisotopic (exact) mass is 289 g/mol. The molecule has 2 nitrogen and oxygen atoms in total. The Labute approximate surface area is 130 Å². The molecule has 1 atom stereocenters. The van der Waals surface area contributed by atoms with Gasteiger partial charge in [-0.15, -0.1) is 0 Å². The highest BCUT2D eigenvalue weighted by molar-refractivity contribution is 5.31. The molecule has 2 heteroatoms. The number of hydrogen-bond acceptors (Lipinski definition) is 2. The SMILES string of the molecule is CCCNC(COCCC1CCC1)c1ccc(C)c(C)c1. The van der Waals surface area contributed by atoms with E-state index in [-0.39, 0.29) is 0 Å². The minimum absolute atomic E-state index is 0.325. The van der Waals surface area contributed by atoms with Gasteiger partial charge in [0, 0.05) is 6.61 Å². The van der Waals surface area contributed by atoms with Gasteiger partial charge in [0.25, 0.3) is 0 Å². The van der Waals surface area contributed by atoms with Gasteiger partial charge in [0.15, 0.2) is 0 Å². The van der Waals surface area contributed by atoms with Gasteiger partial charge in [0.05, 0.1) is 12.6 Å². The molecule has 0 aliphatic heterocycles. The summed E-state index contributed by atoms with van der Waals surface area (Å²) in [6.07, 6.45) is 6.65. The highest BCUT2D eigenvalue weighted by Crippen LogP contribution is 2.29. The molecule has 0 heterocycles. The second kappa shape index (κ2) is 8.55. The summed E-state index contributed by atoms with van der Waals surface area (Å²) >= 11 is 0. The van der Waals surface area contributed by atoms with Crippen molar-refractivity contribution in [2.75, 3.05) is 19.8 Å². The van der Waals surface area contributed by atoms with Crippen LogP contribution in [0.2, 0.25) is 0 Å². The van der Waals surface area contributed by atoms with Crippen LogP contribution in [0, 0.1) is 19.8 Å². The number of aryl methyl sites for hydroxylation is 2. The zero-order valence-electron chi connectivity index (χ0n) is 14.0. The molecule has 21 heavy (non-hydrogen) atoms. The van der Waals surface area contributed by atoms with Crippen LogP contribution in [0.4, 0.5) is 0 Å². The molecule has 1 aromatic rings. The van der Waals surface area contributed by atoms with E-state index in [9.17, 15) is 0 Å². The highest BCUT2D eigenvalue weighted by atomic mass is 16.5. The second-order valence-electron chi connectivity index (χ2n) is 6.51. The number of ether oxygens (including phenoxy) is 1. The van der Waals surface area contributed by atoms with Crippen LogP contribution in [-0.2, 0) is 4.74 Å². The smallest absolute Gasteiger partial charge is 0.0661 e. The molecule has 1 aliphatic rings. The maximum atomic E-state index is 5.96. The molecule has 0 amide bonds. The highest BCUT2D eigenvalue weighted by Gasteiger charge is 2.17. The van der Waals surface area contributed by atoms with Crippen molar-refractivity contribution in [2.24, 2.45) is 5.92 Å². The van der Waals surface area contributed by atoms with E-state index in [1.807, 2.05) is 0 Å². The zero-order valence-corrected chi connectivity index (χ0v) is 14.0. The minimum Gasteiger partial charge on any atom is -0.379 e. The van der Waals surface area contributed by atoms with Crippen molar-refractivity contribution in [3.05, 3.63) is 34.9 Å². The summed E-state index contributed by atoms with van der Waals surface area (Å²) in [5.41, 5.74) is 4.08. The number of nitrogens with one attached hydrogen (secondary N) is 1. The largest absolute Gasteiger partial charge is 0.379 e. The fraction of sp³-hybridized carbons (Fsp3) is 0.684. The van der Waals surface area contributed by atoms with Crippen LogP contribution in [0.5, 0.6) is 0 Å². The molecule has 1 N–H and O–H groups in total. The minimum atomic E-state index is 0.325. The number of hydrogen-bond donors (Lipinski definition) is 1. The van der Waals surface area contributed by atoms with Crippen molar-refractivity contribution in [2.45, 2.75) is 58.9 Å². The van der Waals surface area contributed by atoms with E-state index in [0.29, 0.717) is 6.04 Å². The van der Waals surface area contributed by atoms with Crippen molar-refractivity contribution in [1.29, 1.82) is 0 Å². The maximum Gasteiger partial charge on any atom is 0.0661 e. The lowest BCUT2D eigenvalue weighted by Gasteiger charge is -2.26. The number of rotatable bonds is 9. The van der Waals surface area contributed by atoms with E-state index in [4.69, 9.17) is 4.74 Å². The molecular weight excluding hydrogens is 258 g/mol.